The standard InChI is InChI=1S/C32H40N6.4ClHO4.2Cu.4H2O/c1-5-19-33-29(11-1)15-25-37(26-16-30-12-2-6-20-34-30)23-9-10-24-38(27-17-31-13-3-7-21-35-31)28-18-32-14-4-8-22-36-32;4*2-1(3,4)5;;;;;;/h1-8,11-14,19-22H,9-10,15-18,23-28H2;4*(H,2,3,4,5);;;4*1H2/q;;;;;2*+2;;;;/p-2. The maximum atomic E-state index is 8.49. The zero-order valence-electron chi connectivity index (χ0n) is 33.2. The first-order chi connectivity index (χ1) is 26.8. The van der Waals surface area contributed by atoms with Crippen molar-refractivity contribution in [2.45, 2.75) is 38.5 Å². The van der Waals surface area contributed by atoms with Gasteiger partial charge in [0, 0.05) is 99.4 Å². The van der Waals surface area contributed by atoms with Crippen molar-refractivity contribution in [1.29, 1.82) is 0 Å². The van der Waals surface area contributed by atoms with Gasteiger partial charge in [-0.2, -0.15) is 0 Å². The molecule has 64 heavy (non-hydrogen) atoms. The van der Waals surface area contributed by atoms with Crippen molar-refractivity contribution in [2.75, 3.05) is 39.3 Å². The van der Waals surface area contributed by atoms with E-state index in [1.807, 2.05) is 49.1 Å². The van der Waals surface area contributed by atoms with Crippen LogP contribution in [0.5, 0.6) is 0 Å². The molecule has 4 heterocycles. The molecule has 0 amide bonds. The first-order valence-corrected chi connectivity index (χ1v) is 21.3. The Kier molecular flexibility index (Phi) is 50.3. The average molecular weight is 1110 g/mol. The molecule has 0 aliphatic rings. The molecule has 32 heteroatoms. The van der Waals surface area contributed by atoms with Crippen LogP contribution in [0.4, 0.5) is 0 Å². The molecular formula is C32H50Cl4Cu2N6O20+2. The van der Waals surface area contributed by atoms with Gasteiger partial charge in [-0.05, 0) is 74.5 Å². The third-order valence-corrected chi connectivity index (χ3v) is 6.84. The fourth-order valence-corrected chi connectivity index (χ4v) is 4.62. The summed E-state index contributed by atoms with van der Waals surface area (Å²) in [6.45, 7) is 6.27. The predicted octanol–water partition coefficient (Wildman–Crippen LogP) is -17.6. The smallest absolute Gasteiger partial charge is 0.457 e. The molecule has 10 N–H and O–H groups in total. The minimum absolute atomic E-state index is 0. The first-order valence-electron chi connectivity index (χ1n) is 16.4. The van der Waals surface area contributed by atoms with Crippen molar-refractivity contribution < 1.29 is 172 Å². The van der Waals surface area contributed by atoms with Crippen molar-refractivity contribution >= 4 is 0 Å². The van der Waals surface area contributed by atoms with Crippen LogP contribution in [0.3, 0.4) is 0 Å². The molecule has 0 aliphatic carbocycles. The predicted molar refractivity (Wildman–Crippen MR) is 171 cm³/mol. The van der Waals surface area contributed by atoms with Crippen LogP contribution in [0.1, 0.15) is 35.6 Å². The summed E-state index contributed by atoms with van der Waals surface area (Å²) < 4.78 is 136. The van der Waals surface area contributed by atoms with Gasteiger partial charge in [-0.3, -0.25) is 19.9 Å². The molecule has 4 rings (SSSR count). The van der Waals surface area contributed by atoms with Gasteiger partial charge in [-0.25, -0.2) is 74.5 Å². The van der Waals surface area contributed by atoms with E-state index in [9.17, 15) is 0 Å². The second kappa shape index (κ2) is 42.3. The number of rotatable bonds is 17. The Bertz CT molecular complexity index is 1320. The Morgan fingerprint density at radius 3 is 0.641 bits per heavy atom. The van der Waals surface area contributed by atoms with Crippen LogP contribution in [0.15, 0.2) is 97.6 Å². The molecule has 0 unspecified atom stereocenters. The molecule has 4 aromatic heterocycles. The van der Waals surface area contributed by atoms with Gasteiger partial charge < -0.3 is 31.7 Å². The SMILES string of the molecule is O.O.[Cu+2].[Cu+2].[O-][Cl+3]([O-])([O-])[O-].[O-][Cl+3]([O-])([O-])[O-].[O-][Cl+3]([O-])([O-])[O-].[O-][Cl+3]([O-])([O-])[O-].[OH3+].[OH3+].c1ccc(CCN(CCCCN(CCc2ccccn2)CCc2ccccn2)CCc2ccccn2)nc1. The van der Waals surface area contributed by atoms with Crippen molar-refractivity contribution in [3.8, 4) is 0 Å². The number of nitrogens with zero attached hydrogens (tertiary/aromatic N) is 6. The second-order valence-electron chi connectivity index (χ2n) is 11.2. The van der Waals surface area contributed by atoms with Gasteiger partial charge in [0.25, 0.3) is 0 Å². The molecule has 0 bridgehead atoms. The quantitative estimate of drug-likeness (QED) is 0.0538. The molecule has 2 radical (unpaired) electrons. The van der Waals surface area contributed by atoms with Crippen molar-refractivity contribution in [1.82, 2.24) is 29.7 Å². The van der Waals surface area contributed by atoms with Crippen LogP contribution < -0.4 is 74.5 Å². The van der Waals surface area contributed by atoms with E-state index >= 15 is 0 Å². The summed E-state index contributed by atoms with van der Waals surface area (Å²) in [6, 6.07) is 24.7. The van der Waals surface area contributed by atoms with E-state index in [1.54, 1.807) is 0 Å². The van der Waals surface area contributed by atoms with Gasteiger partial charge in [-0.1, -0.05) is 24.3 Å². The number of unbranched alkanes of at least 4 members (excludes halogenated alkanes) is 1. The maximum absolute atomic E-state index is 8.49. The summed E-state index contributed by atoms with van der Waals surface area (Å²) >= 11 is 0. The minimum Gasteiger partial charge on any atom is -0.457 e. The number of halogens is 4. The van der Waals surface area contributed by atoms with E-state index in [4.69, 9.17) is 74.5 Å². The van der Waals surface area contributed by atoms with Crippen LogP contribution >= 0.6 is 0 Å². The Labute approximate surface area is 397 Å². The van der Waals surface area contributed by atoms with Gasteiger partial charge in [0.1, 0.15) is 0 Å². The van der Waals surface area contributed by atoms with Gasteiger partial charge in [0.05, 0.1) is 0 Å². The van der Waals surface area contributed by atoms with Crippen LogP contribution in [-0.2, 0) is 70.8 Å². The van der Waals surface area contributed by atoms with Crippen LogP contribution in [0.2, 0.25) is 0 Å². The molecule has 26 nitrogen and oxygen atoms in total. The fourth-order valence-electron chi connectivity index (χ4n) is 4.62. The van der Waals surface area contributed by atoms with E-state index in [0.717, 1.165) is 87.7 Å². The van der Waals surface area contributed by atoms with E-state index in [1.165, 1.54) is 12.8 Å². The van der Waals surface area contributed by atoms with E-state index < -0.39 is 41.0 Å². The van der Waals surface area contributed by atoms with Gasteiger partial charge in [0.15, 0.2) is 0 Å². The largest absolute Gasteiger partial charge is 2.00 e. The third-order valence-electron chi connectivity index (χ3n) is 6.84. The molecular weight excluding hydrogens is 1060 g/mol. The molecule has 0 saturated carbocycles. The second-order valence-corrected chi connectivity index (χ2v) is 14.2. The van der Waals surface area contributed by atoms with E-state index in [-0.39, 0.29) is 56.0 Å². The molecule has 0 aromatic carbocycles. The Morgan fingerprint density at radius 2 is 0.500 bits per heavy atom. The first kappa shape index (κ1) is 76.2. The van der Waals surface area contributed by atoms with Crippen molar-refractivity contribution in [2.24, 2.45) is 0 Å². The molecule has 0 aliphatic heterocycles. The topological polar surface area (TPSA) is 556 Å². The third kappa shape index (κ3) is 64.2. The van der Waals surface area contributed by atoms with Gasteiger partial charge in [0.2, 0.25) is 0 Å². The zero-order chi connectivity index (χ0) is 44.1. The van der Waals surface area contributed by atoms with Crippen molar-refractivity contribution in [3.05, 3.63) is 120 Å². The van der Waals surface area contributed by atoms with Gasteiger partial charge in [-0.15, -0.1) is 41.0 Å². The van der Waals surface area contributed by atoms with Crippen LogP contribution in [-0.4, -0.2) is 80.0 Å². The summed E-state index contributed by atoms with van der Waals surface area (Å²) in [5, 5.41) is 0. The molecule has 0 saturated heterocycles. The zero-order valence-corrected chi connectivity index (χ0v) is 38.1. The summed E-state index contributed by atoms with van der Waals surface area (Å²) in [4.78, 5) is 23.3. The molecule has 0 atom stereocenters. The number of hydrogen-bond donors (Lipinski definition) is 0. The number of aromatic nitrogens is 4. The minimum atomic E-state index is -4.94. The molecule has 4 aromatic rings. The van der Waals surface area contributed by atoms with Crippen molar-refractivity contribution in [3.63, 3.8) is 0 Å². The number of pyridine rings is 4. The normalized spacial score (nSPS) is 10.5. The summed E-state index contributed by atoms with van der Waals surface area (Å²) in [5.41, 5.74) is 4.63. The summed E-state index contributed by atoms with van der Waals surface area (Å²) in [7, 11) is -19.8. The molecule has 0 fully saturated rings. The Hall–Kier alpha value is -2.08. The fraction of sp³-hybridized carbons (Fsp3) is 0.375. The van der Waals surface area contributed by atoms with Gasteiger partial charge >= 0.3 is 34.1 Å². The van der Waals surface area contributed by atoms with E-state index in [2.05, 4.69) is 78.3 Å². The number of hydrogen-bond acceptors (Lipinski definition) is 22. The monoisotopic (exact) mass is 1100 g/mol. The summed E-state index contributed by atoms with van der Waals surface area (Å²) in [5.74, 6) is 0. The van der Waals surface area contributed by atoms with E-state index in [0.29, 0.717) is 0 Å². The molecule has 0 spiro atoms. The Morgan fingerprint density at radius 1 is 0.328 bits per heavy atom. The van der Waals surface area contributed by atoms with Crippen LogP contribution in [0, 0.1) is 41.0 Å². The Balaban J connectivity index is -0.000000211. The van der Waals surface area contributed by atoms with Crippen LogP contribution in [0.25, 0.3) is 0 Å². The average Bonchev–Trinajstić information content (AvgIpc) is 3.10. The molecule has 376 valence electrons. The summed E-state index contributed by atoms with van der Waals surface area (Å²) in [6.07, 6.45) is 13.8. The maximum Gasteiger partial charge on any atom is 2.00 e.